The van der Waals surface area contributed by atoms with E-state index in [-0.39, 0.29) is 10.6 Å². The van der Waals surface area contributed by atoms with Crippen LogP contribution >= 0.6 is 11.6 Å². The summed E-state index contributed by atoms with van der Waals surface area (Å²) in [6.45, 7) is 0. The molecule has 6 heteroatoms. The summed E-state index contributed by atoms with van der Waals surface area (Å²) in [5.41, 5.74) is 0.0171. The zero-order valence-corrected chi connectivity index (χ0v) is 9.40. The number of rotatable bonds is 3. The molecule has 15 heavy (non-hydrogen) atoms. The molecule has 0 bridgehead atoms. The van der Waals surface area contributed by atoms with Gasteiger partial charge in [0.15, 0.2) is 15.6 Å². The Balaban J connectivity index is 3.02. The molecule has 1 rings (SSSR count). The highest BCUT2D eigenvalue weighted by Crippen LogP contribution is 2.18. The molecule has 82 valence electrons. The summed E-state index contributed by atoms with van der Waals surface area (Å²) in [7, 11) is -3.40. The molecule has 0 fully saturated rings. The van der Waals surface area contributed by atoms with E-state index >= 15 is 0 Å². The van der Waals surface area contributed by atoms with E-state index in [0.717, 1.165) is 18.4 Å². The van der Waals surface area contributed by atoms with Crippen LogP contribution in [0.25, 0.3) is 0 Å². The van der Waals surface area contributed by atoms with Crippen LogP contribution in [0.4, 0.5) is 4.39 Å². The minimum atomic E-state index is -3.40. The molecular formula is C9H8ClFO3S. The van der Waals surface area contributed by atoms with Crippen molar-refractivity contribution in [3.63, 3.8) is 0 Å². The number of sulfone groups is 1. The van der Waals surface area contributed by atoms with E-state index < -0.39 is 27.2 Å². The quantitative estimate of drug-likeness (QED) is 0.768. The molecule has 0 saturated carbocycles. The van der Waals surface area contributed by atoms with E-state index in [1.165, 1.54) is 6.07 Å². The molecule has 0 aliphatic carbocycles. The highest BCUT2D eigenvalue weighted by atomic mass is 35.5. The average molecular weight is 251 g/mol. The van der Waals surface area contributed by atoms with Gasteiger partial charge in [-0.2, -0.15) is 0 Å². The second-order valence-electron chi connectivity index (χ2n) is 3.12. The maximum atomic E-state index is 12.6. The van der Waals surface area contributed by atoms with Gasteiger partial charge in [0.25, 0.3) is 0 Å². The highest BCUT2D eigenvalue weighted by molar-refractivity contribution is 7.91. The molecule has 3 nitrogen and oxygen atoms in total. The number of hydrogen-bond donors (Lipinski definition) is 0. The summed E-state index contributed by atoms with van der Waals surface area (Å²) < 4.78 is 34.3. The Kier molecular flexibility index (Phi) is 3.46. The van der Waals surface area contributed by atoms with Crippen molar-refractivity contribution in [1.82, 2.24) is 0 Å². The van der Waals surface area contributed by atoms with Crippen molar-refractivity contribution in [2.75, 3.05) is 12.0 Å². The summed E-state index contributed by atoms with van der Waals surface area (Å²) in [5, 5.41) is -0.0800. The first-order chi connectivity index (χ1) is 6.79. The summed E-state index contributed by atoms with van der Waals surface area (Å²) in [6, 6.07) is 3.20. The van der Waals surface area contributed by atoms with E-state index in [4.69, 9.17) is 11.6 Å². The number of carbonyl (C=O) groups is 1. The number of benzene rings is 1. The van der Waals surface area contributed by atoms with Gasteiger partial charge in [-0.25, -0.2) is 12.8 Å². The van der Waals surface area contributed by atoms with Gasteiger partial charge in [-0.05, 0) is 18.2 Å². The molecule has 0 aliphatic heterocycles. The van der Waals surface area contributed by atoms with E-state index in [9.17, 15) is 17.6 Å². The van der Waals surface area contributed by atoms with Gasteiger partial charge in [0.2, 0.25) is 0 Å². The van der Waals surface area contributed by atoms with Gasteiger partial charge in [-0.3, -0.25) is 4.79 Å². The summed E-state index contributed by atoms with van der Waals surface area (Å²) in [4.78, 5) is 11.4. The van der Waals surface area contributed by atoms with Crippen LogP contribution in [-0.2, 0) is 9.84 Å². The number of ketones is 1. The minimum absolute atomic E-state index is 0.0171. The molecule has 1 aromatic rings. The molecular weight excluding hydrogens is 243 g/mol. The fourth-order valence-electron chi connectivity index (χ4n) is 1.03. The van der Waals surface area contributed by atoms with Crippen molar-refractivity contribution < 1.29 is 17.6 Å². The summed E-state index contributed by atoms with van der Waals surface area (Å²) in [5.74, 6) is -1.84. The molecule has 0 aliphatic rings. The predicted octanol–water partition coefficient (Wildman–Crippen LogP) is 1.71. The first kappa shape index (κ1) is 12.1. The average Bonchev–Trinajstić information content (AvgIpc) is 1.99. The Hall–Kier alpha value is -0.940. The highest BCUT2D eigenvalue weighted by Gasteiger charge is 2.16. The normalized spacial score (nSPS) is 11.4. The van der Waals surface area contributed by atoms with E-state index in [1.807, 2.05) is 0 Å². The molecule has 1 aromatic carbocycles. The lowest BCUT2D eigenvalue weighted by Crippen LogP contribution is -2.14. The topological polar surface area (TPSA) is 51.2 Å². The summed E-state index contributed by atoms with van der Waals surface area (Å²) >= 11 is 5.60. The van der Waals surface area contributed by atoms with Crippen molar-refractivity contribution in [2.24, 2.45) is 0 Å². The Labute approximate surface area is 91.8 Å². The lowest BCUT2D eigenvalue weighted by Gasteiger charge is -2.02. The van der Waals surface area contributed by atoms with Crippen molar-refractivity contribution >= 4 is 27.2 Å². The SMILES string of the molecule is CS(=O)(=O)CC(=O)c1ccc(F)cc1Cl. The third-order valence-corrected chi connectivity index (χ3v) is 2.72. The van der Waals surface area contributed by atoms with Crippen LogP contribution in [0.5, 0.6) is 0 Å². The molecule has 0 unspecified atom stereocenters. The van der Waals surface area contributed by atoms with Gasteiger partial charge in [0.1, 0.15) is 11.6 Å². The van der Waals surface area contributed by atoms with Gasteiger partial charge in [-0.1, -0.05) is 11.6 Å². The number of hydrogen-bond acceptors (Lipinski definition) is 3. The van der Waals surface area contributed by atoms with Gasteiger partial charge >= 0.3 is 0 Å². The fourth-order valence-corrected chi connectivity index (χ4v) is 1.94. The Morgan fingerprint density at radius 1 is 1.47 bits per heavy atom. The molecule has 0 heterocycles. The second kappa shape index (κ2) is 4.28. The van der Waals surface area contributed by atoms with Crippen molar-refractivity contribution in [1.29, 1.82) is 0 Å². The zero-order valence-electron chi connectivity index (χ0n) is 7.83. The Bertz CT molecular complexity index is 496. The Morgan fingerprint density at radius 2 is 2.07 bits per heavy atom. The van der Waals surface area contributed by atoms with Gasteiger partial charge < -0.3 is 0 Å². The maximum absolute atomic E-state index is 12.6. The first-order valence-electron chi connectivity index (χ1n) is 3.95. The van der Waals surface area contributed by atoms with Crippen molar-refractivity contribution in [3.05, 3.63) is 34.6 Å². The van der Waals surface area contributed by atoms with Crippen LogP contribution in [-0.4, -0.2) is 26.2 Å². The molecule has 0 radical (unpaired) electrons. The van der Waals surface area contributed by atoms with E-state index in [0.29, 0.717) is 0 Å². The largest absolute Gasteiger partial charge is 0.293 e. The van der Waals surface area contributed by atoms with E-state index in [1.54, 1.807) is 0 Å². The lowest BCUT2D eigenvalue weighted by atomic mass is 10.1. The minimum Gasteiger partial charge on any atom is -0.293 e. The van der Waals surface area contributed by atoms with Crippen LogP contribution in [0.15, 0.2) is 18.2 Å². The monoisotopic (exact) mass is 250 g/mol. The van der Waals surface area contributed by atoms with Crippen molar-refractivity contribution in [3.8, 4) is 0 Å². The van der Waals surface area contributed by atoms with Crippen LogP contribution in [0.1, 0.15) is 10.4 Å². The second-order valence-corrected chi connectivity index (χ2v) is 5.66. The van der Waals surface area contributed by atoms with Crippen LogP contribution in [0.2, 0.25) is 5.02 Å². The molecule has 0 aromatic heterocycles. The predicted molar refractivity (Wildman–Crippen MR) is 55.5 cm³/mol. The Morgan fingerprint density at radius 3 is 2.53 bits per heavy atom. The molecule has 0 saturated heterocycles. The van der Waals surface area contributed by atoms with Gasteiger partial charge in [0, 0.05) is 11.8 Å². The van der Waals surface area contributed by atoms with Crippen LogP contribution in [0, 0.1) is 5.82 Å². The first-order valence-corrected chi connectivity index (χ1v) is 6.39. The summed E-state index contributed by atoms with van der Waals surface area (Å²) in [6.07, 6.45) is 0.947. The maximum Gasteiger partial charge on any atom is 0.179 e. The molecule has 0 atom stereocenters. The van der Waals surface area contributed by atoms with E-state index in [2.05, 4.69) is 0 Å². The van der Waals surface area contributed by atoms with Gasteiger partial charge in [-0.15, -0.1) is 0 Å². The third-order valence-electron chi connectivity index (χ3n) is 1.62. The van der Waals surface area contributed by atoms with Crippen molar-refractivity contribution in [2.45, 2.75) is 0 Å². The molecule has 0 N–H and O–H groups in total. The zero-order chi connectivity index (χ0) is 11.6. The fraction of sp³-hybridized carbons (Fsp3) is 0.222. The third kappa shape index (κ3) is 3.60. The van der Waals surface area contributed by atoms with Crippen LogP contribution in [0.3, 0.4) is 0 Å². The van der Waals surface area contributed by atoms with Crippen LogP contribution < -0.4 is 0 Å². The molecule has 0 amide bonds. The smallest absolute Gasteiger partial charge is 0.179 e. The lowest BCUT2D eigenvalue weighted by molar-refractivity contribution is 0.102. The number of carbonyl (C=O) groups excluding carboxylic acids is 1. The molecule has 0 spiro atoms. The van der Waals surface area contributed by atoms with Gasteiger partial charge in [0.05, 0.1) is 5.02 Å². The standard InChI is InChI=1S/C9H8ClFO3S/c1-15(13,14)5-9(12)7-3-2-6(11)4-8(7)10/h2-4H,5H2,1H3. The number of Topliss-reactive ketones (excluding diaryl/α,β-unsaturated/α-hetero) is 1. The number of halogens is 2.